The second-order valence-corrected chi connectivity index (χ2v) is 5.66. The van der Waals surface area contributed by atoms with Crippen molar-refractivity contribution in [1.29, 1.82) is 5.26 Å². The van der Waals surface area contributed by atoms with Crippen LogP contribution in [0, 0.1) is 11.3 Å². The van der Waals surface area contributed by atoms with Crippen LogP contribution in [0.25, 0.3) is 0 Å². The first-order chi connectivity index (χ1) is 11.6. The molecule has 2 aromatic carbocycles. The van der Waals surface area contributed by atoms with Crippen molar-refractivity contribution in [1.82, 2.24) is 0 Å². The molecule has 0 fully saturated rings. The molecule has 0 aliphatic heterocycles. The van der Waals surface area contributed by atoms with Gasteiger partial charge in [0, 0.05) is 0 Å². The van der Waals surface area contributed by atoms with E-state index in [2.05, 4.69) is 11.4 Å². The Morgan fingerprint density at radius 3 is 2.54 bits per heavy atom. The van der Waals surface area contributed by atoms with Crippen molar-refractivity contribution in [3.63, 3.8) is 0 Å². The number of hydrogen-bond acceptors (Lipinski definition) is 3. The molecule has 0 saturated carbocycles. The highest BCUT2D eigenvalue weighted by atomic mass is 16.5. The number of para-hydroxylation sites is 2. The van der Waals surface area contributed by atoms with Gasteiger partial charge in [-0.25, -0.2) is 0 Å². The van der Waals surface area contributed by atoms with Crippen molar-refractivity contribution >= 4 is 11.6 Å². The van der Waals surface area contributed by atoms with Crippen molar-refractivity contribution < 1.29 is 14.8 Å². The molecule has 5 heteroatoms. The van der Waals surface area contributed by atoms with Crippen LogP contribution in [0.3, 0.4) is 0 Å². The molecular weight excluding hydrogens is 302 g/mol. The van der Waals surface area contributed by atoms with Gasteiger partial charge in [-0.05, 0) is 38.1 Å². The maximum atomic E-state index is 12.4. The molecular formula is C19H22N3O2+. The number of hydrogen-bond donors (Lipinski definition) is 2. The number of carbonyl (C=O) groups is 1. The molecule has 2 atom stereocenters. The Labute approximate surface area is 142 Å². The first-order valence-corrected chi connectivity index (χ1v) is 7.84. The first kappa shape index (κ1) is 17.5. The van der Waals surface area contributed by atoms with Crippen LogP contribution in [0.5, 0.6) is 5.75 Å². The van der Waals surface area contributed by atoms with Gasteiger partial charge in [-0.15, -0.1) is 0 Å². The molecule has 0 heterocycles. The molecule has 5 nitrogen and oxygen atoms in total. The SMILES string of the molecule is COc1ccccc1[C@@H](C)[NH2+][C@H](C)C(=O)Nc1ccccc1C#N. The lowest BCUT2D eigenvalue weighted by Gasteiger charge is -2.18. The normalized spacial score (nSPS) is 12.8. The minimum absolute atomic E-state index is 0.0631. The summed E-state index contributed by atoms with van der Waals surface area (Å²) in [5.41, 5.74) is 2.03. The fourth-order valence-electron chi connectivity index (χ4n) is 2.60. The third-order valence-corrected chi connectivity index (χ3v) is 3.93. The zero-order valence-corrected chi connectivity index (χ0v) is 14.1. The summed E-state index contributed by atoms with van der Waals surface area (Å²) < 4.78 is 5.38. The Bertz CT molecular complexity index is 752. The lowest BCUT2D eigenvalue weighted by atomic mass is 10.1. The van der Waals surface area contributed by atoms with E-state index in [4.69, 9.17) is 10.00 Å². The van der Waals surface area contributed by atoms with Crippen molar-refractivity contribution in [3.8, 4) is 11.8 Å². The largest absolute Gasteiger partial charge is 0.496 e. The van der Waals surface area contributed by atoms with Gasteiger partial charge in [-0.1, -0.05) is 24.3 Å². The van der Waals surface area contributed by atoms with Crippen molar-refractivity contribution in [2.24, 2.45) is 0 Å². The monoisotopic (exact) mass is 324 g/mol. The number of amides is 1. The average Bonchev–Trinajstić information content (AvgIpc) is 2.61. The van der Waals surface area contributed by atoms with E-state index in [1.54, 1.807) is 31.4 Å². The maximum absolute atomic E-state index is 12.4. The Hall–Kier alpha value is -2.84. The number of quaternary nitrogens is 1. The van der Waals surface area contributed by atoms with Crippen LogP contribution in [0.15, 0.2) is 48.5 Å². The number of nitrogens with zero attached hydrogens (tertiary/aromatic N) is 1. The lowest BCUT2D eigenvalue weighted by Crippen LogP contribution is -2.91. The van der Waals surface area contributed by atoms with E-state index in [9.17, 15) is 4.79 Å². The van der Waals surface area contributed by atoms with Gasteiger partial charge < -0.3 is 15.4 Å². The summed E-state index contributed by atoms with van der Waals surface area (Å²) in [5, 5.41) is 13.9. The molecule has 0 aliphatic rings. The van der Waals surface area contributed by atoms with E-state index >= 15 is 0 Å². The van der Waals surface area contributed by atoms with Crippen LogP contribution >= 0.6 is 0 Å². The number of rotatable bonds is 6. The number of carbonyl (C=O) groups excluding carboxylic acids is 1. The summed E-state index contributed by atoms with van der Waals surface area (Å²) in [6, 6.07) is 16.6. The van der Waals surface area contributed by atoms with Crippen LogP contribution in [0.2, 0.25) is 0 Å². The molecule has 124 valence electrons. The van der Waals surface area contributed by atoms with Gasteiger partial charge >= 0.3 is 0 Å². The van der Waals surface area contributed by atoms with Gasteiger partial charge in [0.2, 0.25) is 0 Å². The Balaban J connectivity index is 2.05. The molecule has 24 heavy (non-hydrogen) atoms. The third-order valence-electron chi connectivity index (χ3n) is 3.93. The average molecular weight is 324 g/mol. The van der Waals surface area contributed by atoms with Crippen LogP contribution in [0.4, 0.5) is 5.69 Å². The first-order valence-electron chi connectivity index (χ1n) is 7.84. The number of ether oxygens (including phenoxy) is 1. The van der Waals surface area contributed by atoms with Crippen molar-refractivity contribution in [2.45, 2.75) is 25.9 Å². The van der Waals surface area contributed by atoms with E-state index in [0.29, 0.717) is 11.3 Å². The van der Waals surface area contributed by atoms with Gasteiger partial charge in [0.05, 0.1) is 23.9 Å². The molecule has 0 aliphatic carbocycles. The van der Waals surface area contributed by atoms with E-state index in [1.807, 2.05) is 43.4 Å². The molecule has 0 bridgehead atoms. The number of nitrogens with one attached hydrogen (secondary N) is 1. The molecule has 0 aromatic heterocycles. The molecule has 2 rings (SSSR count). The summed E-state index contributed by atoms with van der Waals surface area (Å²) in [5.74, 6) is 0.670. The predicted octanol–water partition coefficient (Wildman–Crippen LogP) is 2.22. The highest BCUT2D eigenvalue weighted by Gasteiger charge is 2.22. The zero-order chi connectivity index (χ0) is 17.5. The number of methoxy groups -OCH3 is 1. The van der Waals surface area contributed by atoms with E-state index in [-0.39, 0.29) is 18.0 Å². The van der Waals surface area contributed by atoms with Gasteiger partial charge in [-0.3, -0.25) is 4.79 Å². The molecule has 0 spiro atoms. The van der Waals surface area contributed by atoms with Crippen LogP contribution < -0.4 is 15.4 Å². The van der Waals surface area contributed by atoms with E-state index < -0.39 is 0 Å². The number of benzene rings is 2. The van der Waals surface area contributed by atoms with Crippen LogP contribution in [-0.2, 0) is 4.79 Å². The topological polar surface area (TPSA) is 78.7 Å². The lowest BCUT2D eigenvalue weighted by molar-refractivity contribution is -0.709. The molecule has 0 unspecified atom stereocenters. The fraction of sp³-hybridized carbons (Fsp3) is 0.263. The molecule has 0 radical (unpaired) electrons. The second-order valence-electron chi connectivity index (χ2n) is 5.66. The Morgan fingerprint density at radius 2 is 1.83 bits per heavy atom. The summed E-state index contributed by atoms with van der Waals surface area (Å²) in [7, 11) is 1.64. The van der Waals surface area contributed by atoms with Crippen LogP contribution in [0.1, 0.15) is 31.0 Å². The smallest absolute Gasteiger partial charge is 0.282 e. The molecule has 1 amide bonds. The van der Waals surface area contributed by atoms with E-state index in [0.717, 1.165) is 11.3 Å². The van der Waals surface area contributed by atoms with Gasteiger partial charge in [0.25, 0.3) is 5.91 Å². The molecule has 0 saturated heterocycles. The number of nitrogens with two attached hydrogens (primary N) is 1. The van der Waals surface area contributed by atoms with Gasteiger partial charge in [0.1, 0.15) is 17.9 Å². The molecule has 3 N–H and O–H groups in total. The predicted molar refractivity (Wildman–Crippen MR) is 92.6 cm³/mol. The Morgan fingerprint density at radius 1 is 1.17 bits per heavy atom. The zero-order valence-electron chi connectivity index (χ0n) is 14.1. The summed E-state index contributed by atoms with van der Waals surface area (Å²) >= 11 is 0. The van der Waals surface area contributed by atoms with Gasteiger partial charge in [0.15, 0.2) is 6.04 Å². The third kappa shape index (κ3) is 4.12. The Kier molecular flexibility index (Phi) is 5.94. The minimum Gasteiger partial charge on any atom is -0.496 e. The van der Waals surface area contributed by atoms with Crippen molar-refractivity contribution in [2.75, 3.05) is 12.4 Å². The summed E-state index contributed by atoms with van der Waals surface area (Å²) in [6.45, 7) is 3.88. The summed E-state index contributed by atoms with van der Waals surface area (Å²) in [6.07, 6.45) is 0. The standard InChI is InChI=1S/C19H21N3O2/c1-13(16-9-5-7-11-18(16)24-3)21-14(2)19(23)22-17-10-6-4-8-15(17)12-20/h4-11,13-14,21H,1-3H3,(H,22,23)/p+1/t13-,14-/m1/s1. The quantitative estimate of drug-likeness (QED) is 0.855. The highest BCUT2D eigenvalue weighted by molar-refractivity contribution is 5.94. The number of anilines is 1. The minimum atomic E-state index is -0.309. The second kappa shape index (κ2) is 8.14. The van der Waals surface area contributed by atoms with Crippen LogP contribution in [-0.4, -0.2) is 19.1 Å². The maximum Gasteiger partial charge on any atom is 0.282 e. The fourth-order valence-corrected chi connectivity index (χ4v) is 2.60. The van der Waals surface area contributed by atoms with Crippen molar-refractivity contribution in [3.05, 3.63) is 59.7 Å². The molecule has 2 aromatic rings. The van der Waals surface area contributed by atoms with Gasteiger partial charge in [-0.2, -0.15) is 5.26 Å². The summed E-state index contributed by atoms with van der Waals surface area (Å²) in [4.78, 5) is 12.4. The van der Waals surface area contributed by atoms with E-state index in [1.165, 1.54) is 0 Å². The highest BCUT2D eigenvalue weighted by Crippen LogP contribution is 2.22. The number of nitriles is 1.